The molecule has 7 heteroatoms. The van der Waals surface area contributed by atoms with Crippen LogP contribution in [0.5, 0.6) is 0 Å². The van der Waals surface area contributed by atoms with E-state index in [1.165, 1.54) is 6.07 Å². The maximum Gasteiger partial charge on any atom is 0.267 e. The number of nitrogens with one attached hydrogen (secondary N) is 2. The summed E-state index contributed by atoms with van der Waals surface area (Å²) < 4.78 is 1.55. The molecule has 1 aliphatic rings. The molecule has 4 aromatic rings. The molecule has 0 bridgehead atoms. The molecule has 1 fully saturated rings. The standard InChI is InChI=1S/C25H22N4O3/c30-23-7-3-4-12-28(23)19-8-10-20(11-9-19)29-16-17(13-24(29)31)15-26-25(32)22-14-18-5-1-2-6-21(18)27-22/h1-12,14,17,27H,13,15-16H2,(H,26,32). The third kappa shape index (κ3) is 3.80. The van der Waals surface area contributed by atoms with Crippen molar-refractivity contribution in [2.24, 2.45) is 5.92 Å². The van der Waals surface area contributed by atoms with Crippen LogP contribution in [0.2, 0.25) is 0 Å². The minimum absolute atomic E-state index is 0.0273. The number of nitrogens with zero attached hydrogens (tertiary/aromatic N) is 2. The first-order valence-corrected chi connectivity index (χ1v) is 10.5. The molecule has 7 nitrogen and oxygen atoms in total. The highest BCUT2D eigenvalue weighted by molar-refractivity contribution is 5.98. The molecule has 160 valence electrons. The van der Waals surface area contributed by atoms with Gasteiger partial charge in [0.2, 0.25) is 5.91 Å². The van der Waals surface area contributed by atoms with E-state index in [0.29, 0.717) is 25.2 Å². The van der Waals surface area contributed by atoms with Crippen LogP contribution in [0.15, 0.2) is 83.8 Å². The first-order valence-electron chi connectivity index (χ1n) is 10.5. The van der Waals surface area contributed by atoms with Crippen molar-refractivity contribution in [1.82, 2.24) is 14.9 Å². The lowest BCUT2D eigenvalue weighted by Crippen LogP contribution is -2.31. The van der Waals surface area contributed by atoms with Crippen molar-refractivity contribution in [3.63, 3.8) is 0 Å². The molecule has 2 N–H and O–H groups in total. The summed E-state index contributed by atoms with van der Waals surface area (Å²) in [5, 5.41) is 3.93. The summed E-state index contributed by atoms with van der Waals surface area (Å²) in [6.45, 7) is 0.963. The Labute approximate surface area is 184 Å². The van der Waals surface area contributed by atoms with Crippen LogP contribution in [-0.4, -0.2) is 34.5 Å². The van der Waals surface area contributed by atoms with Crippen LogP contribution in [0.25, 0.3) is 16.6 Å². The number of anilines is 1. The van der Waals surface area contributed by atoms with Gasteiger partial charge in [0.05, 0.1) is 0 Å². The van der Waals surface area contributed by atoms with Gasteiger partial charge < -0.3 is 15.2 Å². The van der Waals surface area contributed by atoms with Crippen LogP contribution in [0, 0.1) is 5.92 Å². The van der Waals surface area contributed by atoms with Gasteiger partial charge in [-0.2, -0.15) is 0 Å². The monoisotopic (exact) mass is 426 g/mol. The van der Waals surface area contributed by atoms with Crippen LogP contribution >= 0.6 is 0 Å². The molecule has 0 saturated carbocycles. The predicted octanol–water partition coefficient (Wildman–Crippen LogP) is 3.10. The normalized spacial score (nSPS) is 15.9. The van der Waals surface area contributed by atoms with E-state index in [0.717, 1.165) is 22.3 Å². The second-order valence-corrected chi connectivity index (χ2v) is 7.98. The number of para-hydroxylation sites is 1. The Hall–Kier alpha value is -4.13. The molecule has 2 aromatic heterocycles. The fourth-order valence-electron chi connectivity index (χ4n) is 4.13. The molecule has 32 heavy (non-hydrogen) atoms. The number of carbonyl (C=O) groups excluding carboxylic acids is 2. The van der Waals surface area contributed by atoms with Crippen molar-refractivity contribution >= 4 is 28.4 Å². The Bertz CT molecular complexity index is 1320. The summed E-state index contributed by atoms with van der Waals surface area (Å²) in [6, 6.07) is 21.9. The molecule has 0 spiro atoms. The van der Waals surface area contributed by atoms with E-state index < -0.39 is 0 Å². The molecule has 3 heterocycles. The number of benzene rings is 2. The zero-order valence-electron chi connectivity index (χ0n) is 17.3. The maximum absolute atomic E-state index is 12.6. The predicted molar refractivity (Wildman–Crippen MR) is 123 cm³/mol. The second-order valence-electron chi connectivity index (χ2n) is 7.98. The highest BCUT2D eigenvalue weighted by atomic mass is 16.2. The average molecular weight is 426 g/mol. The van der Waals surface area contributed by atoms with Gasteiger partial charge in [-0.3, -0.25) is 19.0 Å². The third-order valence-electron chi connectivity index (χ3n) is 5.79. The average Bonchev–Trinajstić information content (AvgIpc) is 3.41. The highest BCUT2D eigenvalue weighted by Gasteiger charge is 2.31. The SMILES string of the molecule is O=C(NCC1CC(=O)N(c2ccc(-n3ccccc3=O)cc2)C1)c1cc2ccccc2[nH]1. The number of rotatable bonds is 5. The highest BCUT2D eigenvalue weighted by Crippen LogP contribution is 2.25. The number of amides is 2. The van der Waals surface area contributed by atoms with Gasteiger partial charge in [0, 0.05) is 60.0 Å². The molecule has 1 atom stereocenters. The van der Waals surface area contributed by atoms with Crippen LogP contribution in [0.3, 0.4) is 0 Å². The van der Waals surface area contributed by atoms with Gasteiger partial charge in [-0.25, -0.2) is 0 Å². The molecule has 5 rings (SSSR count). The number of aromatic nitrogens is 2. The van der Waals surface area contributed by atoms with Gasteiger partial charge in [0.15, 0.2) is 0 Å². The lowest BCUT2D eigenvalue weighted by Gasteiger charge is -2.17. The fraction of sp³-hybridized carbons (Fsp3) is 0.160. The number of fused-ring (bicyclic) bond motifs is 1. The summed E-state index contributed by atoms with van der Waals surface area (Å²) in [6.07, 6.45) is 2.09. The van der Waals surface area contributed by atoms with Crippen molar-refractivity contribution in [3.8, 4) is 5.69 Å². The Balaban J connectivity index is 1.23. The number of pyridine rings is 1. The molecular weight excluding hydrogens is 404 g/mol. The number of carbonyl (C=O) groups is 2. The Kier molecular flexibility index (Phi) is 5.07. The van der Waals surface area contributed by atoms with Crippen LogP contribution in [-0.2, 0) is 4.79 Å². The second kappa shape index (κ2) is 8.19. The largest absolute Gasteiger partial charge is 0.351 e. The number of hydrogen-bond acceptors (Lipinski definition) is 3. The van der Waals surface area contributed by atoms with E-state index in [2.05, 4.69) is 10.3 Å². The molecule has 0 radical (unpaired) electrons. The third-order valence-corrected chi connectivity index (χ3v) is 5.79. The number of hydrogen-bond donors (Lipinski definition) is 2. The van der Waals surface area contributed by atoms with E-state index in [-0.39, 0.29) is 23.3 Å². The Morgan fingerprint density at radius 2 is 1.72 bits per heavy atom. The maximum atomic E-state index is 12.6. The van der Waals surface area contributed by atoms with Crippen molar-refractivity contribution in [1.29, 1.82) is 0 Å². The number of aromatic amines is 1. The van der Waals surface area contributed by atoms with Gasteiger partial charge in [-0.15, -0.1) is 0 Å². The summed E-state index contributed by atoms with van der Waals surface area (Å²) in [7, 11) is 0. The lowest BCUT2D eigenvalue weighted by molar-refractivity contribution is -0.117. The van der Waals surface area contributed by atoms with E-state index in [1.54, 1.807) is 27.8 Å². The fourth-order valence-corrected chi connectivity index (χ4v) is 4.13. The van der Waals surface area contributed by atoms with Crippen LogP contribution in [0.4, 0.5) is 5.69 Å². The Morgan fingerprint density at radius 3 is 2.50 bits per heavy atom. The molecule has 0 aliphatic carbocycles. The number of H-pyrrole nitrogens is 1. The minimum atomic E-state index is -0.176. The molecule has 2 aromatic carbocycles. The van der Waals surface area contributed by atoms with Crippen molar-refractivity contribution in [2.75, 3.05) is 18.0 Å². The molecule has 2 amide bonds. The smallest absolute Gasteiger partial charge is 0.267 e. The summed E-state index contributed by atoms with van der Waals surface area (Å²) in [5.74, 6) is -0.114. The minimum Gasteiger partial charge on any atom is -0.351 e. The summed E-state index contributed by atoms with van der Waals surface area (Å²) in [5.41, 5.74) is 2.85. The Morgan fingerprint density at radius 1 is 0.969 bits per heavy atom. The van der Waals surface area contributed by atoms with Gasteiger partial charge >= 0.3 is 0 Å². The zero-order chi connectivity index (χ0) is 22.1. The summed E-state index contributed by atoms with van der Waals surface area (Å²) in [4.78, 5) is 42.0. The van der Waals surface area contributed by atoms with Crippen molar-refractivity contribution in [2.45, 2.75) is 6.42 Å². The van der Waals surface area contributed by atoms with E-state index in [9.17, 15) is 14.4 Å². The van der Waals surface area contributed by atoms with E-state index >= 15 is 0 Å². The molecule has 1 saturated heterocycles. The van der Waals surface area contributed by atoms with Crippen molar-refractivity contribution in [3.05, 3.63) is 95.0 Å². The summed E-state index contributed by atoms with van der Waals surface area (Å²) >= 11 is 0. The quantitative estimate of drug-likeness (QED) is 0.514. The van der Waals surface area contributed by atoms with Gasteiger partial charge in [-0.1, -0.05) is 24.3 Å². The van der Waals surface area contributed by atoms with E-state index in [4.69, 9.17) is 0 Å². The molecular formula is C25H22N4O3. The van der Waals surface area contributed by atoms with Gasteiger partial charge in [-0.05, 0) is 42.5 Å². The first kappa shape index (κ1) is 19.8. The molecule has 1 unspecified atom stereocenters. The van der Waals surface area contributed by atoms with Crippen LogP contribution < -0.4 is 15.8 Å². The van der Waals surface area contributed by atoms with Gasteiger partial charge in [0.1, 0.15) is 5.69 Å². The molecule has 1 aliphatic heterocycles. The van der Waals surface area contributed by atoms with Crippen molar-refractivity contribution < 1.29 is 9.59 Å². The van der Waals surface area contributed by atoms with Crippen LogP contribution in [0.1, 0.15) is 16.9 Å². The topological polar surface area (TPSA) is 87.2 Å². The van der Waals surface area contributed by atoms with Gasteiger partial charge in [0.25, 0.3) is 11.5 Å². The zero-order valence-corrected chi connectivity index (χ0v) is 17.3. The van der Waals surface area contributed by atoms with E-state index in [1.807, 2.05) is 54.6 Å². The first-order chi connectivity index (χ1) is 15.6. The lowest BCUT2D eigenvalue weighted by atomic mass is 10.1.